The summed E-state index contributed by atoms with van der Waals surface area (Å²) in [6, 6.07) is 3.20. The van der Waals surface area contributed by atoms with Gasteiger partial charge in [-0.25, -0.2) is 8.42 Å². The molecule has 1 aromatic rings. The van der Waals surface area contributed by atoms with E-state index in [2.05, 4.69) is 15.9 Å². The zero-order valence-electron chi connectivity index (χ0n) is 11.5. The Morgan fingerprint density at radius 1 is 1.33 bits per heavy atom. The first-order valence-electron chi connectivity index (χ1n) is 6.39. The number of benzene rings is 1. The fourth-order valence-corrected chi connectivity index (χ4v) is 3.19. The maximum atomic E-state index is 12.8. The Hall–Kier alpha value is -0.600. The van der Waals surface area contributed by atoms with E-state index in [4.69, 9.17) is 5.73 Å². The highest BCUT2D eigenvalue weighted by molar-refractivity contribution is 9.10. The van der Waals surface area contributed by atoms with E-state index in [1.807, 2.05) is 0 Å². The van der Waals surface area contributed by atoms with Gasteiger partial charge < -0.3 is 5.73 Å². The number of rotatable bonds is 6. The molecule has 1 rings (SSSR count). The molecule has 1 atom stereocenters. The van der Waals surface area contributed by atoms with Crippen LogP contribution < -0.4 is 5.73 Å². The molecule has 0 radical (unpaired) electrons. The standard InChI is InChI=1S/C13H17BrF3NO2S/c1-2-21(19,20)7-3-4-12(18)9-5-6-11(14)10(8-9)13(15,16)17/h5-6,8,12H,2-4,7,18H2,1H3. The molecule has 1 unspecified atom stereocenters. The summed E-state index contributed by atoms with van der Waals surface area (Å²) in [6.45, 7) is 1.56. The molecule has 0 saturated carbocycles. The van der Waals surface area contributed by atoms with Crippen molar-refractivity contribution in [2.75, 3.05) is 11.5 Å². The summed E-state index contributed by atoms with van der Waals surface area (Å²) in [6.07, 6.45) is -3.81. The summed E-state index contributed by atoms with van der Waals surface area (Å²) < 4.78 is 61.0. The van der Waals surface area contributed by atoms with Crippen molar-refractivity contribution in [2.45, 2.75) is 32.0 Å². The zero-order valence-corrected chi connectivity index (χ0v) is 13.9. The van der Waals surface area contributed by atoms with Gasteiger partial charge in [0, 0.05) is 16.3 Å². The van der Waals surface area contributed by atoms with Crippen LogP contribution in [-0.2, 0) is 16.0 Å². The molecule has 21 heavy (non-hydrogen) atoms. The van der Waals surface area contributed by atoms with Crippen molar-refractivity contribution >= 4 is 25.8 Å². The van der Waals surface area contributed by atoms with Gasteiger partial charge in [0.25, 0.3) is 0 Å². The third kappa shape index (κ3) is 5.60. The molecule has 3 nitrogen and oxygen atoms in total. The number of nitrogens with two attached hydrogens (primary N) is 1. The molecule has 1 aromatic carbocycles. The molecule has 0 aromatic heterocycles. The maximum absolute atomic E-state index is 12.8. The minimum atomic E-state index is -4.46. The number of hydrogen-bond donors (Lipinski definition) is 1. The van der Waals surface area contributed by atoms with Crippen LogP contribution in [0.4, 0.5) is 13.2 Å². The molecule has 0 saturated heterocycles. The molecule has 0 aliphatic heterocycles. The van der Waals surface area contributed by atoms with Crippen molar-refractivity contribution < 1.29 is 21.6 Å². The van der Waals surface area contributed by atoms with Crippen LogP contribution in [0.1, 0.15) is 36.9 Å². The first kappa shape index (κ1) is 18.4. The number of sulfone groups is 1. The Morgan fingerprint density at radius 3 is 2.48 bits per heavy atom. The molecule has 0 bridgehead atoms. The highest BCUT2D eigenvalue weighted by atomic mass is 79.9. The lowest BCUT2D eigenvalue weighted by Crippen LogP contribution is -2.15. The average molecular weight is 388 g/mol. The summed E-state index contributed by atoms with van der Waals surface area (Å²) >= 11 is 2.86. The minimum absolute atomic E-state index is 0.000143. The van der Waals surface area contributed by atoms with Crippen LogP contribution in [0.5, 0.6) is 0 Å². The van der Waals surface area contributed by atoms with Crippen LogP contribution in [0.2, 0.25) is 0 Å². The van der Waals surface area contributed by atoms with E-state index >= 15 is 0 Å². The third-order valence-corrected chi connectivity index (χ3v) is 5.62. The monoisotopic (exact) mass is 387 g/mol. The minimum Gasteiger partial charge on any atom is -0.324 e. The number of alkyl halides is 3. The molecule has 8 heteroatoms. The van der Waals surface area contributed by atoms with Crippen molar-refractivity contribution in [3.8, 4) is 0 Å². The molecule has 0 aliphatic rings. The van der Waals surface area contributed by atoms with Gasteiger partial charge in [0.05, 0.1) is 11.3 Å². The Morgan fingerprint density at radius 2 is 1.95 bits per heavy atom. The maximum Gasteiger partial charge on any atom is 0.417 e. The lowest BCUT2D eigenvalue weighted by molar-refractivity contribution is -0.138. The largest absolute Gasteiger partial charge is 0.417 e. The Labute approximate surface area is 130 Å². The summed E-state index contributed by atoms with van der Waals surface area (Å²) in [7, 11) is -3.08. The van der Waals surface area contributed by atoms with Gasteiger partial charge in [-0.15, -0.1) is 0 Å². The molecule has 0 spiro atoms. The highest BCUT2D eigenvalue weighted by Crippen LogP contribution is 2.36. The van der Waals surface area contributed by atoms with Gasteiger partial charge in [-0.2, -0.15) is 13.2 Å². The normalized spacial score (nSPS) is 14.2. The molecule has 0 aliphatic carbocycles. The molecular formula is C13H17BrF3NO2S. The first-order chi connectivity index (χ1) is 9.57. The van der Waals surface area contributed by atoms with Crippen LogP contribution in [-0.4, -0.2) is 19.9 Å². The van der Waals surface area contributed by atoms with E-state index in [0.29, 0.717) is 18.4 Å². The van der Waals surface area contributed by atoms with Crippen molar-refractivity contribution in [3.63, 3.8) is 0 Å². The lowest BCUT2D eigenvalue weighted by Gasteiger charge is -2.15. The van der Waals surface area contributed by atoms with Gasteiger partial charge in [-0.1, -0.05) is 28.9 Å². The van der Waals surface area contributed by atoms with Crippen molar-refractivity contribution in [1.29, 1.82) is 0 Å². The fraction of sp³-hybridized carbons (Fsp3) is 0.538. The second kappa shape index (κ2) is 7.11. The van der Waals surface area contributed by atoms with Crippen LogP contribution >= 0.6 is 15.9 Å². The van der Waals surface area contributed by atoms with Crippen molar-refractivity contribution in [3.05, 3.63) is 33.8 Å². The second-order valence-electron chi connectivity index (χ2n) is 4.72. The third-order valence-electron chi connectivity index (χ3n) is 3.13. The summed E-state index contributed by atoms with van der Waals surface area (Å²) in [5, 5.41) is 0. The van der Waals surface area contributed by atoms with Gasteiger partial charge in [0.1, 0.15) is 9.84 Å². The van der Waals surface area contributed by atoms with Gasteiger partial charge in [0.15, 0.2) is 0 Å². The van der Waals surface area contributed by atoms with Crippen LogP contribution in [0, 0.1) is 0 Å². The molecule has 2 N–H and O–H groups in total. The zero-order chi connectivity index (χ0) is 16.3. The van der Waals surface area contributed by atoms with E-state index in [1.165, 1.54) is 12.1 Å². The van der Waals surface area contributed by atoms with E-state index in [9.17, 15) is 21.6 Å². The fourth-order valence-electron chi connectivity index (χ4n) is 1.82. The second-order valence-corrected chi connectivity index (χ2v) is 8.05. The summed E-state index contributed by atoms with van der Waals surface area (Å²) in [5.74, 6) is 0.0542. The lowest BCUT2D eigenvalue weighted by atomic mass is 10.0. The average Bonchev–Trinajstić information content (AvgIpc) is 2.37. The van der Waals surface area contributed by atoms with Crippen LogP contribution in [0.25, 0.3) is 0 Å². The van der Waals surface area contributed by atoms with Crippen molar-refractivity contribution in [2.24, 2.45) is 5.73 Å². The van der Waals surface area contributed by atoms with Gasteiger partial charge >= 0.3 is 6.18 Å². The van der Waals surface area contributed by atoms with E-state index in [-0.39, 0.29) is 16.0 Å². The highest BCUT2D eigenvalue weighted by Gasteiger charge is 2.33. The molecule has 0 amide bonds. The Bertz CT molecular complexity index is 588. The van der Waals surface area contributed by atoms with E-state index < -0.39 is 27.6 Å². The SMILES string of the molecule is CCS(=O)(=O)CCCC(N)c1ccc(Br)c(C(F)(F)F)c1. The molecule has 0 fully saturated rings. The van der Waals surface area contributed by atoms with Gasteiger partial charge in [0.2, 0.25) is 0 Å². The summed E-state index contributed by atoms with van der Waals surface area (Å²) in [4.78, 5) is 0. The Balaban J connectivity index is 2.78. The van der Waals surface area contributed by atoms with Crippen LogP contribution in [0.15, 0.2) is 22.7 Å². The first-order valence-corrected chi connectivity index (χ1v) is 9.01. The predicted octanol–water partition coefficient (Wildman–Crippen LogP) is 3.68. The van der Waals surface area contributed by atoms with Crippen molar-refractivity contribution in [1.82, 2.24) is 0 Å². The van der Waals surface area contributed by atoms with Crippen LogP contribution in [0.3, 0.4) is 0 Å². The summed E-state index contributed by atoms with van der Waals surface area (Å²) in [5.41, 5.74) is 5.42. The molecule has 120 valence electrons. The number of halogens is 4. The van der Waals surface area contributed by atoms with Gasteiger partial charge in [-0.3, -0.25) is 0 Å². The molecule has 0 heterocycles. The topological polar surface area (TPSA) is 60.2 Å². The smallest absolute Gasteiger partial charge is 0.324 e. The van der Waals surface area contributed by atoms with Gasteiger partial charge in [-0.05, 0) is 30.5 Å². The Kier molecular flexibility index (Phi) is 6.24. The van der Waals surface area contributed by atoms with E-state index in [0.717, 1.165) is 6.07 Å². The van der Waals surface area contributed by atoms with E-state index in [1.54, 1.807) is 6.92 Å². The predicted molar refractivity (Wildman–Crippen MR) is 79.6 cm³/mol. The number of hydrogen-bond acceptors (Lipinski definition) is 3. The molecular weight excluding hydrogens is 371 g/mol. The quantitative estimate of drug-likeness (QED) is 0.809.